The minimum atomic E-state index is 0.287. The summed E-state index contributed by atoms with van der Waals surface area (Å²) in [7, 11) is 0. The van der Waals surface area contributed by atoms with E-state index in [1.165, 1.54) is 44.1 Å². The Balaban J connectivity index is 1.94. The molecule has 0 amide bonds. The molecule has 0 spiro atoms. The van der Waals surface area contributed by atoms with Crippen LogP contribution in [0.3, 0.4) is 0 Å². The zero-order valence-electron chi connectivity index (χ0n) is 15.3. The molecule has 1 aliphatic rings. The maximum atomic E-state index is 8.96. The molecular weight excluding hydrogens is 294 g/mol. The first kappa shape index (κ1) is 19.2. The lowest BCUT2D eigenvalue weighted by molar-refractivity contribution is 0.281. The fraction of sp³-hybridized carbons (Fsp3) is 0.636. The number of fused-ring (bicyclic) bond motifs is 1. The van der Waals surface area contributed by atoms with Crippen LogP contribution in [0.15, 0.2) is 30.4 Å². The first-order valence-electron chi connectivity index (χ1n) is 9.86. The van der Waals surface area contributed by atoms with Gasteiger partial charge in [0.1, 0.15) is 0 Å². The summed E-state index contributed by atoms with van der Waals surface area (Å²) in [5, 5.41) is 8.96. The number of benzene rings is 1. The molecule has 0 bridgehead atoms. The Labute approximate surface area is 148 Å². The summed E-state index contributed by atoms with van der Waals surface area (Å²) in [6.45, 7) is 3.22. The Bertz CT molecular complexity index is 509. The van der Waals surface area contributed by atoms with Gasteiger partial charge in [-0.1, -0.05) is 50.1 Å². The van der Waals surface area contributed by atoms with Crippen LogP contribution in [0.2, 0.25) is 0 Å². The minimum absolute atomic E-state index is 0.287. The minimum Gasteiger partial charge on any atom is -0.396 e. The van der Waals surface area contributed by atoms with Crippen LogP contribution in [0.1, 0.15) is 74.5 Å². The molecule has 0 aliphatic heterocycles. The number of aliphatic hydroxyl groups is 1. The summed E-state index contributed by atoms with van der Waals surface area (Å²) in [6, 6.07) is 7.06. The lowest BCUT2D eigenvalue weighted by Gasteiger charge is -2.25. The van der Waals surface area contributed by atoms with Gasteiger partial charge in [0.25, 0.3) is 0 Å². The number of aliphatic hydroxyl groups excluding tert-OH is 1. The van der Waals surface area contributed by atoms with E-state index in [1.54, 1.807) is 11.1 Å². The number of allylic oxidation sites excluding steroid dienone is 2. The maximum absolute atomic E-state index is 8.96. The van der Waals surface area contributed by atoms with Gasteiger partial charge < -0.3 is 10.8 Å². The number of aryl methyl sites for hydroxylation is 1. The zero-order valence-corrected chi connectivity index (χ0v) is 15.3. The highest BCUT2D eigenvalue weighted by atomic mass is 16.2. The molecule has 1 aromatic carbocycles. The van der Waals surface area contributed by atoms with E-state index in [9.17, 15) is 0 Å². The molecule has 2 atom stereocenters. The van der Waals surface area contributed by atoms with Crippen molar-refractivity contribution in [2.24, 2.45) is 11.7 Å². The van der Waals surface area contributed by atoms with Crippen molar-refractivity contribution in [2.45, 2.75) is 70.6 Å². The Morgan fingerprint density at radius 3 is 2.88 bits per heavy atom. The molecule has 1 aromatic rings. The van der Waals surface area contributed by atoms with Crippen molar-refractivity contribution in [3.8, 4) is 0 Å². The second-order valence-corrected chi connectivity index (χ2v) is 7.28. The van der Waals surface area contributed by atoms with Gasteiger partial charge in [-0.2, -0.15) is 0 Å². The SMILES string of the molecule is CCC/C=C/C[C@H]1CCc2cc([C@H](CN)CCCCO)ccc2C1. The summed E-state index contributed by atoms with van der Waals surface area (Å²) < 4.78 is 0. The molecule has 0 fully saturated rings. The van der Waals surface area contributed by atoms with E-state index in [-0.39, 0.29) is 6.61 Å². The van der Waals surface area contributed by atoms with Crippen LogP contribution in [-0.2, 0) is 12.8 Å². The van der Waals surface area contributed by atoms with Crippen molar-refractivity contribution < 1.29 is 5.11 Å². The monoisotopic (exact) mass is 329 g/mol. The molecule has 2 heteroatoms. The molecule has 2 nitrogen and oxygen atoms in total. The molecule has 2 rings (SSSR count). The molecule has 24 heavy (non-hydrogen) atoms. The van der Waals surface area contributed by atoms with E-state index in [0.717, 1.165) is 25.2 Å². The Hall–Kier alpha value is -1.12. The first-order valence-corrected chi connectivity index (χ1v) is 9.86. The van der Waals surface area contributed by atoms with Crippen molar-refractivity contribution >= 4 is 0 Å². The largest absolute Gasteiger partial charge is 0.396 e. The van der Waals surface area contributed by atoms with Crippen LogP contribution in [-0.4, -0.2) is 18.3 Å². The molecule has 0 heterocycles. The van der Waals surface area contributed by atoms with Gasteiger partial charge in [-0.25, -0.2) is 0 Å². The van der Waals surface area contributed by atoms with Crippen LogP contribution in [0.5, 0.6) is 0 Å². The second kappa shape index (κ2) is 10.7. The number of rotatable bonds is 10. The van der Waals surface area contributed by atoms with Gasteiger partial charge in [-0.05, 0) is 80.0 Å². The maximum Gasteiger partial charge on any atom is 0.0431 e. The van der Waals surface area contributed by atoms with Crippen LogP contribution in [0, 0.1) is 5.92 Å². The normalized spacial score (nSPS) is 18.7. The summed E-state index contributed by atoms with van der Waals surface area (Å²) in [6.07, 6.45) is 15.2. The first-order chi connectivity index (χ1) is 11.8. The molecule has 0 unspecified atom stereocenters. The highest BCUT2D eigenvalue weighted by Gasteiger charge is 2.19. The topological polar surface area (TPSA) is 46.2 Å². The summed E-state index contributed by atoms with van der Waals surface area (Å²) >= 11 is 0. The summed E-state index contributed by atoms with van der Waals surface area (Å²) in [5.41, 5.74) is 10.5. The number of hydrogen-bond acceptors (Lipinski definition) is 2. The van der Waals surface area contributed by atoms with Crippen LogP contribution in [0.4, 0.5) is 0 Å². The highest BCUT2D eigenvalue weighted by Crippen LogP contribution is 2.31. The predicted octanol–water partition coefficient (Wildman–Crippen LogP) is 4.74. The zero-order chi connectivity index (χ0) is 17.2. The van der Waals surface area contributed by atoms with Crippen LogP contribution >= 0.6 is 0 Å². The van der Waals surface area contributed by atoms with E-state index < -0.39 is 0 Å². The predicted molar refractivity (Wildman–Crippen MR) is 103 cm³/mol. The fourth-order valence-electron chi connectivity index (χ4n) is 3.80. The van der Waals surface area contributed by atoms with E-state index >= 15 is 0 Å². The molecule has 1 aliphatic carbocycles. The third-order valence-corrected chi connectivity index (χ3v) is 5.37. The van der Waals surface area contributed by atoms with Gasteiger partial charge in [0, 0.05) is 6.61 Å². The smallest absolute Gasteiger partial charge is 0.0431 e. The van der Waals surface area contributed by atoms with Crippen molar-refractivity contribution in [2.75, 3.05) is 13.2 Å². The number of unbranched alkanes of at least 4 members (excludes halogenated alkanes) is 2. The van der Waals surface area contributed by atoms with Crippen molar-refractivity contribution in [3.63, 3.8) is 0 Å². The second-order valence-electron chi connectivity index (χ2n) is 7.28. The van der Waals surface area contributed by atoms with Crippen molar-refractivity contribution in [1.29, 1.82) is 0 Å². The van der Waals surface area contributed by atoms with Crippen LogP contribution < -0.4 is 5.73 Å². The van der Waals surface area contributed by atoms with Gasteiger partial charge in [0.15, 0.2) is 0 Å². The standard InChI is InChI=1S/C22H35NO/c1-2-3-4-5-8-18-10-11-20-16-21(13-12-19(20)15-18)22(17-23)9-6-7-14-24/h4-5,12-13,16,18,22,24H,2-3,6-11,14-15,17,23H2,1H3/b5-4+/t18-,22-/m0/s1. The number of nitrogens with two attached hydrogens (primary N) is 1. The molecule has 0 aromatic heterocycles. The average molecular weight is 330 g/mol. The molecule has 0 saturated carbocycles. The Morgan fingerprint density at radius 1 is 1.25 bits per heavy atom. The quantitative estimate of drug-likeness (QED) is 0.481. The average Bonchev–Trinajstić information content (AvgIpc) is 2.62. The van der Waals surface area contributed by atoms with E-state index in [2.05, 4.69) is 37.3 Å². The molecule has 3 N–H and O–H groups in total. The molecular formula is C22H35NO. The van der Waals surface area contributed by atoms with Crippen LogP contribution in [0.25, 0.3) is 0 Å². The molecule has 134 valence electrons. The van der Waals surface area contributed by atoms with Gasteiger partial charge in [-0.3, -0.25) is 0 Å². The highest BCUT2D eigenvalue weighted by molar-refractivity contribution is 5.36. The Morgan fingerprint density at radius 2 is 2.12 bits per heavy atom. The lowest BCUT2D eigenvalue weighted by Crippen LogP contribution is -2.16. The van der Waals surface area contributed by atoms with Gasteiger partial charge >= 0.3 is 0 Å². The van der Waals surface area contributed by atoms with Crippen molar-refractivity contribution in [3.05, 3.63) is 47.0 Å². The van der Waals surface area contributed by atoms with E-state index in [1.807, 2.05) is 0 Å². The molecule has 0 radical (unpaired) electrons. The van der Waals surface area contributed by atoms with Gasteiger partial charge in [-0.15, -0.1) is 0 Å². The summed E-state index contributed by atoms with van der Waals surface area (Å²) in [5.74, 6) is 1.25. The van der Waals surface area contributed by atoms with Crippen molar-refractivity contribution in [1.82, 2.24) is 0 Å². The molecule has 0 saturated heterocycles. The van der Waals surface area contributed by atoms with E-state index in [0.29, 0.717) is 12.5 Å². The fourth-order valence-corrected chi connectivity index (χ4v) is 3.80. The van der Waals surface area contributed by atoms with Gasteiger partial charge in [0.05, 0.1) is 0 Å². The summed E-state index contributed by atoms with van der Waals surface area (Å²) in [4.78, 5) is 0. The third-order valence-electron chi connectivity index (χ3n) is 5.37. The van der Waals surface area contributed by atoms with Gasteiger partial charge in [0.2, 0.25) is 0 Å². The number of hydrogen-bond donors (Lipinski definition) is 2. The Kier molecular flexibility index (Phi) is 8.55. The third kappa shape index (κ3) is 5.75. The lowest BCUT2D eigenvalue weighted by atomic mass is 9.80. The van der Waals surface area contributed by atoms with E-state index in [4.69, 9.17) is 10.8 Å².